The van der Waals surface area contributed by atoms with Gasteiger partial charge in [0.25, 0.3) is 0 Å². The second-order valence-corrected chi connectivity index (χ2v) is 5.56. The summed E-state index contributed by atoms with van der Waals surface area (Å²) in [4.78, 5) is 22.1. The maximum atomic E-state index is 11.3. The number of carbonyl (C=O) groups excluding carboxylic acids is 1. The van der Waals surface area contributed by atoms with E-state index in [2.05, 4.69) is 21.9 Å². The van der Waals surface area contributed by atoms with Crippen LogP contribution in [0.25, 0.3) is 0 Å². The quantitative estimate of drug-likeness (QED) is 0.416. The predicted molar refractivity (Wildman–Crippen MR) is 70.2 cm³/mol. The summed E-state index contributed by atoms with van der Waals surface area (Å²) in [5.74, 6) is -1.46. The molecule has 0 aliphatic carbocycles. The minimum absolute atomic E-state index is 0.0818. The molecule has 0 fully saturated rings. The molecule has 0 rings (SSSR count). The van der Waals surface area contributed by atoms with Crippen LogP contribution in [0.15, 0.2) is 12.7 Å². The molecule has 0 spiro atoms. The van der Waals surface area contributed by atoms with Crippen molar-refractivity contribution in [2.45, 2.75) is 19.4 Å². The van der Waals surface area contributed by atoms with Gasteiger partial charge in [0.05, 0.1) is 5.75 Å². The summed E-state index contributed by atoms with van der Waals surface area (Å²) in [6.07, 6.45) is 1.45. The van der Waals surface area contributed by atoms with Crippen molar-refractivity contribution < 1.29 is 23.1 Å². The molecule has 0 aliphatic rings. The van der Waals surface area contributed by atoms with Gasteiger partial charge in [-0.15, -0.1) is 6.58 Å². The lowest BCUT2D eigenvalue weighted by Crippen LogP contribution is -2.47. The highest BCUT2D eigenvalue weighted by Gasteiger charge is 2.18. The highest BCUT2D eigenvalue weighted by atomic mass is 32.2. The van der Waals surface area contributed by atoms with Crippen molar-refractivity contribution in [3.63, 3.8) is 0 Å². The lowest BCUT2D eigenvalue weighted by molar-refractivity contribution is -0.139. The summed E-state index contributed by atoms with van der Waals surface area (Å²) >= 11 is 0. The Hall–Kier alpha value is -1.61. The van der Waals surface area contributed by atoms with Gasteiger partial charge in [0.1, 0.15) is 6.04 Å². The van der Waals surface area contributed by atoms with E-state index in [-0.39, 0.29) is 25.3 Å². The van der Waals surface area contributed by atoms with Crippen LogP contribution in [0.2, 0.25) is 0 Å². The summed E-state index contributed by atoms with van der Waals surface area (Å²) in [6.45, 7) is 5.19. The van der Waals surface area contributed by atoms with Gasteiger partial charge in [-0.1, -0.05) is 13.0 Å². The Kier molecular flexibility index (Phi) is 7.77. The minimum atomic E-state index is -3.41. The van der Waals surface area contributed by atoms with Crippen LogP contribution < -0.4 is 15.4 Å². The fourth-order valence-electron chi connectivity index (χ4n) is 1.19. The number of aliphatic carboxylic acids is 1. The molecule has 0 bridgehead atoms. The summed E-state index contributed by atoms with van der Waals surface area (Å²) in [6, 6.07) is -1.82. The van der Waals surface area contributed by atoms with Crippen molar-refractivity contribution in [1.82, 2.24) is 15.4 Å². The monoisotopic (exact) mass is 293 g/mol. The van der Waals surface area contributed by atoms with Crippen molar-refractivity contribution in [3.8, 4) is 0 Å². The Morgan fingerprint density at radius 3 is 2.53 bits per heavy atom. The topological polar surface area (TPSA) is 125 Å². The average Bonchev–Trinajstić information content (AvgIpc) is 2.27. The van der Waals surface area contributed by atoms with Gasteiger partial charge in [-0.2, -0.15) is 0 Å². The first-order valence-electron chi connectivity index (χ1n) is 5.67. The van der Waals surface area contributed by atoms with Crippen LogP contribution >= 0.6 is 0 Å². The van der Waals surface area contributed by atoms with Crippen LogP contribution in [-0.4, -0.2) is 50.4 Å². The van der Waals surface area contributed by atoms with Crippen LogP contribution in [0.3, 0.4) is 0 Å². The van der Waals surface area contributed by atoms with E-state index in [0.717, 1.165) is 0 Å². The zero-order valence-electron chi connectivity index (χ0n) is 10.7. The smallest absolute Gasteiger partial charge is 0.326 e. The number of carboxylic acids is 1. The van der Waals surface area contributed by atoms with Gasteiger partial charge in [0.2, 0.25) is 10.0 Å². The number of carboxylic acid groups (broad SMARTS) is 1. The van der Waals surface area contributed by atoms with Crippen LogP contribution in [0, 0.1) is 0 Å². The molecular formula is C10H19N3O5S. The SMILES string of the molecule is C=CCC(NC(=O)NCCS(=O)(=O)NCC)C(=O)O. The molecule has 0 aliphatic heterocycles. The van der Waals surface area contributed by atoms with E-state index >= 15 is 0 Å². The number of nitrogens with one attached hydrogen (secondary N) is 3. The van der Waals surface area contributed by atoms with Crippen molar-refractivity contribution in [2.75, 3.05) is 18.8 Å². The van der Waals surface area contributed by atoms with Gasteiger partial charge in [0.15, 0.2) is 0 Å². The number of hydrogen-bond acceptors (Lipinski definition) is 4. The van der Waals surface area contributed by atoms with Crippen LogP contribution in [0.5, 0.6) is 0 Å². The van der Waals surface area contributed by atoms with Crippen molar-refractivity contribution in [1.29, 1.82) is 0 Å². The molecule has 0 saturated heterocycles. The van der Waals surface area contributed by atoms with E-state index in [1.165, 1.54) is 6.08 Å². The summed E-state index contributed by atoms with van der Waals surface area (Å²) in [5.41, 5.74) is 0. The van der Waals surface area contributed by atoms with E-state index in [9.17, 15) is 18.0 Å². The standard InChI is InChI=1S/C10H19N3O5S/c1-3-5-8(9(14)15)13-10(16)11-6-7-19(17,18)12-4-2/h3,8,12H,1,4-7H2,2H3,(H,14,15)(H2,11,13,16). The Bertz CT molecular complexity index is 421. The second-order valence-electron chi connectivity index (χ2n) is 3.63. The minimum Gasteiger partial charge on any atom is -0.480 e. The summed E-state index contributed by atoms with van der Waals surface area (Å²) in [7, 11) is -3.41. The van der Waals surface area contributed by atoms with Gasteiger partial charge in [-0.3, -0.25) is 0 Å². The molecule has 4 N–H and O–H groups in total. The molecule has 0 radical (unpaired) electrons. The number of hydrogen-bond donors (Lipinski definition) is 4. The first-order valence-corrected chi connectivity index (χ1v) is 7.33. The Morgan fingerprint density at radius 2 is 2.05 bits per heavy atom. The Labute approximate surface area is 112 Å². The molecule has 2 amide bonds. The number of sulfonamides is 1. The molecule has 1 unspecified atom stereocenters. The van der Waals surface area contributed by atoms with Crippen LogP contribution in [-0.2, 0) is 14.8 Å². The van der Waals surface area contributed by atoms with Crippen molar-refractivity contribution in [3.05, 3.63) is 12.7 Å². The Balaban J connectivity index is 4.11. The number of rotatable bonds is 9. The molecule has 9 heteroatoms. The second kappa shape index (κ2) is 8.48. The van der Waals surface area contributed by atoms with E-state index in [0.29, 0.717) is 0 Å². The normalized spacial score (nSPS) is 12.5. The molecule has 0 heterocycles. The lowest BCUT2D eigenvalue weighted by Gasteiger charge is -2.13. The molecule has 19 heavy (non-hydrogen) atoms. The molecule has 0 aromatic carbocycles. The molecule has 1 atom stereocenters. The molecule has 110 valence electrons. The fraction of sp³-hybridized carbons (Fsp3) is 0.600. The lowest BCUT2D eigenvalue weighted by atomic mass is 10.2. The van der Waals surface area contributed by atoms with Gasteiger partial charge >= 0.3 is 12.0 Å². The predicted octanol–water partition coefficient (Wildman–Crippen LogP) is -0.746. The van der Waals surface area contributed by atoms with E-state index in [1.54, 1.807) is 6.92 Å². The summed E-state index contributed by atoms with van der Waals surface area (Å²) < 4.78 is 24.8. The maximum Gasteiger partial charge on any atom is 0.326 e. The van der Waals surface area contributed by atoms with Gasteiger partial charge < -0.3 is 15.7 Å². The van der Waals surface area contributed by atoms with Crippen molar-refractivity contribution >= 4 is 22.0 Å². The average molecular weight is 293 g/mol. The Morgan fingerprint density at radius 1 is 1.42 bits per heavy atom. The van der Waals surface area contributed by atoms with E-state index in [1.807, 2.05) is 0 Å². The zero-order valence-corrected chi connectivity index (χ0v) is 11.5. The van der Waals surface area contributed by atoms with Gasteiger partial charge in [-0.25, -0.2) is 22.7 Å². The molecule has 0 saturated carbocycles. The van der Waals surface area contributed by atoms with E-state index in [4.69, 9.17) is 5.11 Å². The number of carbonyl (C=O) groups is 2. The van der Waals surface area contributed by atoms with E-state index < -0.39 is 28.1 Å². The zero-order chi connectivity index (χ0) is 14.9. The molecule has 0 aromatic rings. The van der Waals surface area contributed by atoms with Crippen LogP contribution in [0.4, 0.5) is 4.79 Å². The summed E-state index contributed by atoms with van der Waals surface area (Å²) in [5, 5.41) is 13.3. The fourth-order valence-corrected chi connectivity index (χ4v) is 2.14. The largest absolute Gasteiger partial charge is 0.480 e. The first kappa shape index (κ1) is 17.4. The van der Waals surface area contributed by atoms with Gasteiger partial charge in [0, 0.05) is 13.1 Å². The van der Waals surface area contributed by atoms with Crippen molar-refractivity contribution in [2.24, 2.45) is 0 Å². The van der Waals surface area contributed by atoms with Crippen LogP contribution in [0.1, 0.15) is 13.3 Å². The first-order chi connectivity index (χ1) is 8.82. The maximum absolute atomic E-state index is 11.3. The molecular weight excluding hydrogens is 274 g/mol. The molecule has 0 aromatic heterocycles. The highest BCUT2D eigenvalue weighted by Crippen LogP contribution is 1.92. The number of urea groups is 1. The number of amides is 2. The third kappa shape index (κ3) is 8.16. The molecule has 8 nitrogen and oxygen atoms in total. The third-order valence-corrected chi connectivity index (χ3v) is 3.50. The van der Waals surface area contributed by atoms with Gasteiger partial charge in [-0.05, 0) is 6.42 Å². The highest BCUT2D eigenvalue weighted by molar-refractivity contribution is 7.89. The third-order valence-electron chi connectivity index (χ3n) is 2.03.